The Morgan fingerprint density at radius 2 is 1.81 bits per heavy atom. The summed E-state index contributed by atoms with van der Waals surface area (Å²) in [4.78, 5) is 10.3. The SMILES string of the molecule is c1ccc2cc(CN3CCC(c4c[nH]c5ncccc45)CC3)ccc2c1. The number of benzene rings is 2. The summed E-state index contributed by atoms with van der Waals surface area (Å²) >= 11 is 0. The van der Waals surface area contributed by atoms with Gasteiger partial charge >= 0.3 is 0 Å². The van der Waals surface area contributed by atoms with Crippen molar-refractivity contribution < 1.29 is 0 Å². The van der Waals surface area contributed by atoms with Gasteiger partial charge in [-0.15, -0.1) is 0 Å². The molecule has 0 aliphatic carbocycles. The predicted molar refractivity (Wildman–Crippen MR) is 107 cm³/mol. The van der Waals surface area contributed by atoms with E-state index in [0.717, 1.165) is 25.3 Å². The molecule has 0 bridgehead atoms. The summed E-state index contributed by atoms with van der Waals surface area (Å²) in [6, 6.07) is 19.7. The van der Waals surface area contributed by atoms with Crippen molar-refractivity contribution in [1.82, 2.24) is 14.9 Å². The maximum atomic E-state index is 4.43. The molecule has 1 N–H and O–H groups in total. The molecule has 0 radical (unpaired) electrons. The number of nitrogens with zero attached hydrogens (tertiary/aromatic N) is 2. The molecule has 130 valence electrons. The highest BCUT2D eigenvalue weighted by Gasteiger charge is 2.23. The van der Waals surface area contributed by atoms with Gasteiger partial charge in [0.2, 0.25) is 0 Å². The highest BCUT2D eigenvalue weighted by Crippen LogP contribution is 2.33. The molecule has 3 nitrogen and oxygen atoms in total. The summed E-state index contributed by atoms with van der Waals surface area (Å²) in [7, 11) is 0. The van der Waals surface area contributed by atoms with E-state index in [1.165, 1.54) is 40.1 Å². The van der Waals surface area contributed by atoms with Gasteiger partial charge in [-0.25, -0.2) is 4.98 Å². The Hall–Kier alpha value is -2.65. The van der Waals surface area contributed by atoms with Crippen molar-refractivity contribution in [2.45, 2.75) is 25.3 Å². The van der Waals surface area contributed by atoms with Gasteiger partial charge in [-0.3, -0.25) is 4.90 Å². The maximum absolute atomic E-state index is 4.43. The zero-order valence-electron chi connectivity index (χ0n) is 14.9. The van der Waals surface area contributed by atoms with Gasteiger partial charge < -0.3 is 4.98 Å². The third-order valence-electron chi connectivity index (χ3n) is 5.73. The number of aromatic nitrogens is 2. The number of pyridine rings is 1. The Morgan fingerprint density at radius 1 is 0.962 bits per heavy atom. The summed E-state index contributed by atoms with van der Waals surface area (Å²) in [5.41, 5.74) is 3.87. The van der Waals surface area contributed by atoms with Gasteiger partial charge in [-0.2, -0.15) is 0 Å². The van der Waals surface area contributed by atoms with E-state index in [0.29, 0.717) is 5.92 Å². The number of fused-ring (bicyclic) bond motifs is 2. The highest BCUT2D eigenvalue weighted by atomic mass is 15.1. The number of piperidine rings is 1. The molecule has 2 aromatic carbocycles. The molecule has 3 heteroatoms. The third-order valence-corrected chi connectivity index (χ3v) is 5.73. The van der Waals surface area contributed by atoms with Gasteiger partial charge in [-0.1, -0.05) is 36.4 Å². The molecule has 0 spiro atoms. The largest absolute Gasteiger partial charge is 0.346 e. The van der Waals surface area contributed by atoms with E-state index < -0.39 is 0 Å². The van der Waals surface area contributed by atoms with E-state index in [4.69, 9.17) is 0 Å². The molecule has 1 aliphatic heterocycles. The lowest BCUT2D eigenvalue weighted by Crippen LogP contribution is -2.32. The average Bonchev–Trinajstić information content (AvgIpc) is 3.13. The van der Waals surface area contributed by atoms with E-state index in [1.54, 1.807) is 0 Å². The minimum absolute atomic E-state index is 0.640. The molecular weight excluding hydrogens is 318 g/mol. The lowest BCUT2D eigenvalue weighted by Gasteiger charge is -2.32. The minimum Gasteiger partial charge on any atom is -0.346 e. The van der Waals surface area contributed by atoms with E-state index >= 15 is 0 Å². The third kappa shape index (κ3) is 2.89. The van der Waals surface area contributed by atoms with Crippen LogP contribution in [0.5, 0.6) is 0 Å². The van der Waals surface area contributed by atoms with Gasteiger partial charge in [0.25, 0.3) is 0 Å². The van der Waals surface area contributed by atoms with E-state index in [2.05, 4.69) is 69.6 Å². The van der Waals surface area contributed by atoms with Crippen LogP contribution in [0.15, 0.2) is 67.0 Å². The standard InChI is InChI=1S/C23H23N3/c1-2-5-20-14-17(7-8-18(20)4-1)16-26-12-9-19(10-13-26)22-15-25-23-21(22)6-3-11-24-23/h1-8,11,14-15,19H,9-10,12-13,16H2,(H,24,25). The van der Waals surface area contributed by atoms with Crippen molar-refractivity contribution in [3.63, 3.8) is 0 Å². The lowest BCUT2D eigenvalue weighted by molar-refractivity contribution is 0.205. The van der Waals surface area contributed by atoms with E-state index in [1.807, 2.05) is 12.3 Å². The summed E-state index contributed by atoms with van der Waals surface area (Å²) in [5.74, 6) is 0.640. The van der Waals surface area contributed by atoms with Crippen LogP contribution >= 0.6 is 0 Å². The number of likely N-dealkylation sites (tertiary alicyclic amines) is 1. The van der Waals surface area contributed by atoms with Crippen LogP contribution in [0.3, 0.4) is 0 Å². The van der Waals surface area contributed by atoms with Crippen molar-refractivity contribution in [1.29, 1.82) is 0 Å². The normalized spacial score (nSPS) is 16.5. The zero-order valence-corrected chi connectivity index (χ0v) is 14.9. The monoisotopic (exact) mass is 341 g/mol. The Labute approximate surface area is 153 Å². The van der Waals surface area contributed by atoms with Crippen LogP contribution in [0.2, 0.25) is 0 Å². The van der Waals surface area contributed by atoms with E-state index in [9.17, 15) is 0 Å². The number of H-pyrrole nitrogens is 1. The van der Waals surface area contributed by atoms with Crippen molar-refractivity contribution in [2.75, 3.05) is 13.1 Å². The van der Waals surface area contributed by atoms with Gasteiger partial charge in [0.1, 0.15) is 5.65 Å². The zero-order chi connectivity index (χ0) is 17.3. The van der Waals surface area contributed by atoms with E-state index in [-0.39, 0.29) is 0 Å². The van der Waals surface area contributed by atoms with Crippen LogP contribution in [0.1, 0.15) is 29.9 Å². The molecule has 1 saturated heterocycles. The molecule has 0 unspecified atom stereocenters. The van der Waals surface area contributed by atoms with Crippen LogP contribution in [0, 0.1) is 0 Å². The van der Waals surface area contributed by atoms with Crippen molar-refractivity contribution in [3.8, 4) is 0 Å². The highest BCUT2D eigenvalue weighted by molar-refractivity contribution is 5.83. The summed E-state index contributed by atoms with van der Waals surface area (Å²) in [6.45, 7) is 3.36. The topological polar surface area (TPSA) is 31.9 Å². The molecule has 1 fully saturated rings. The number of hydrogen-bond acceptors (Lipinski definition) is 2. The first-order valence-corrected chi connectivity index (χ1v) is 9.49. The van der Waals surface area contributed by atoms with Crippen LogP contribution in [-0.2, 0) is 6.54 Å². The molecule has 3 heterocycles. The fourth-order valence-electron chi connectivity index (χ4n) is 4.31. The fourth-order valence-corrected chi connectivity index (χ4v) is 4.31. The second kappa shape index (κ2) is 6.58. The maximum Gasteiger partial charge on any atom is 0.137 e. The van der Waals surface area contributed by atoms with Crippen molar-refractivity contribution >= 4 is 21.8 Å². The van der Waals surface area contributed by atoms with Gasteiger partial charge in [0.05, 0.1) is 0 Å². The Balaban J connectivity index is 1.28. The number of aromatic amines is 1. The number of rotatable bonds is 3. The van der Waals surface area contributed by atoms with Crippen LogP contribution in [0.25, 0.3) is 21.8 Å². The molecule has 2 aromatic heterocycles. The first-order chi connectivity index (χ1) is 12.9. The van der Waals surface area contributed by atoms with Gasteiger partial charge in [-0.05, 0) is 71.9 Å². The molecule has 0 atom stereocenters. The Kier molecular flexibility index (Phi) is 3.95. The average molecular weight is 341 g/mol. The van der Waals surface area contributed by atoms with Crippen molar-refractivity contribution in [2.24, 2.45) is 0 Å². The Bertz CT molecular complexity index is 1040. The molecular formula is C23H23N3. The van der Waals surface area contributed by atoms with Gasteiger partial charge in [0, 0.05) is 24.3 Å². The lowest BCUT2D eigenvalue weighted by atomic mass is 9.89. The summed E-state index contributed by atoms with van der Waals surface area (Å²) in [5, 5.41) is 3.95. The summed E-state index contributed by atoms with van der Waals surface area (Å²) < 4.78 is 0. The van der Waals surface area contributed by atoms with Crippen LogP contribution in [-0.4, -0.2) is 28.0 Å². The molecule has 0 saturated carbocycles. The summed E-state index contributed by atoms with van der Waals surface area (Å²) in [6.07, 6.45) is 6.46. The number of hydrogen-bond donors (Lipinski definition) is 1. The predicted octanol–water partition coefficient (Wildman–Crippen LogP) is 5.10. The number of nitrogens with one attached hydrogen (secondary N) is 1. The second-order valence-electron chi connectivity index (χ2n) is 7.38. The fraction of sp³-hybridized carbons (Fsp3) is 0.261. The molecule has 5 rings (SSSR count). The minimum atomic E-state index is 0.640. The van der Waals surface area contributed by atoms with Crippen LogP contribution < -0.4 is 0 Å². The molecule has 4 aromatic rings. The quantitative estimate of drug-likeness (QED) is 0.562. The molecule has 0 amide bonds. The van der Waals surface area contributed by atoms with Crippen molar-refractivity contribution in [3.05, 3.63) is 78.1 Å². The Morgan fingerprint density at radius 3 is 2.69 bits per heavy atom. The van der Waals surface area contributed by atoms with Gasteiger partial charge in [0.15, 0.2) is 0 Å². The molecule has 26 heavy (non-hydrogen) atoms. The first-order valence-electron chi connectivity index (χ1n) is 9.49. The first kappa shape index (κ1) is 15.6. The molecule has 1 aliphatic rings. The smallest absolute Gasteiger partial charge is 0.137 e. The second-order valence-corrected chi connectivity index (χ2v) is 7.38. The van der Waals surface area contributed by atoms with Crippen LogP contribution in [0.4, 0.5) is 0 Å².